The Labute approximate surface area is 118 Å². The van der Waals surface area contributed by atoms with E-state index < -0.39 is 10.0 Å². The highest BCUT2D eigenvalue weighted by Gasteiger charge is 2.22. The minimum atomic E-state index is -3.52. The van der Waals surface area contributed by atoms with E-state index in [4.69, 9.17) is 4.42 Å². The molecular weight excluding hydrogens is 282 g/mol. The lowest BCUT2D eigenvalue weighted by Gasteiger charge is -2.23. The van der Waals surface area contributed by atoms with Crippen LogP contribution in [0.5, 0.6) is 0 Å². The van der Waals surface area contributed by atoms with Crippen LogP contribution in [0.1, 0.15) is 18.6 Å². The summed E-state index contributed by atoms with van der Waals surface area (Å²) < 4.78 is 30.2. The van der Waals surface area contributed by atoms with Crippen molar-refractivity contribution in [3.05, 3.63) is 17.9 Å². The number of piperidine rings is 1. The first-order valence-electron chi connectivity index (χ1n) is 6.41. The Hall–Kier alpha value is -1.38. The molecule has 1 aromatic heterocycles. The van der Waals surface area contributed by atoms with Crippen LogP contribution in [0.2, 0.25) is 0 Å². The largest absolute Gasteiger partial charge is 0.447 e. The molecule has 2 rings (SSSR count). The van der Waals surface area contributed by atoms with Gasteiger partial charge in [-0.2, -0.15) is 0 Å². The van der Waals surface area contributed by atoms with Gasteiger partial charge in [-0.1, -0.05) is 0 Å². The van der Waals surface area contributed by atoms with Crippen molar-refractivity contribution in [2.45, 2.75) is 30.5 Å². The molecule has 0 aliphatic carbocycles. The molecule has 1 fully saturated rings. The fraction of sp³-hybridized carbons (Fsp3) is 0.583. The van der Waals surface area contributed by atoms with E-state index in [-0.39, 0.29) is 17.0 Å². The second-order valence-corrected chi connectivity index (χ2v) is 7.01. The van der Waals surface area contributed by atoms with Gasteiger partial charge in [-0.25, -0.2) is 12.7 Å². The van der Waals surface area contributed by atoms with E-state index in [1.165, 1.54) is 20.2 Å². The predicted molar refractivity (Wildman–Crippen MR) is 72.5 cm³/mol. The summed E-state index contributed by atoms with van der Waals surface area (Å²) >= 11 is 0. The lowest BCUT2D eigenvalue weighted by atomic mass is 10.1. The van der Waals surface area contributed by atoms with Crippen molar-refractivity contribution in [3.8, 4) is 0 Å². The Bertz CT molecular complexity index is 569. The summed E-state index contributed by atoms with van der Waals surface area (Å²) in [4.78, 5) is 11.0. The summed E-state index contributed by atoms with van der Waals surface area (Å²) in [5.74, 6) is 0.628. The maximum Gasteiger partial charge on any atom is 0.275 e. The highest BCUT2D eigenvalue weighted by atomic mass is 32.2. The molecule has 2 heterocycles. The van der Waals surface area contributed by atoms with Crippen LogP contribution in [0.4, 0.5) is 0 Å². The predicted octanol–water partition coefficient (Wildman–Crippen LogP) is -0.102. The standard InChI is InChI=1S/C12H19N3O4S/c1-15(2)20(17,18)12-6-4-10(19-12)8-13-9-3-5-11(16)14-7-9/h4,6,9,13H,3,5,7-8H2,1-2H3,(H,14,16). The summed E-state index contributed by atoms with van der Waals surface area (Å²) in [5, 5.41) is 5.95. The van der Waals surface area contributed by atoms with Gasteiger partial charge in [0.05, 0.1) is 6.54 Å². The minimum Gasteiger partial charge on any atom is -0.447 e. The molecular formula is C12H19N3O4S. The van der Waals surface area contributed by atoms with E-state index in [2.05, 4.69) is 10.6 Å². The highest BCUT2D eigenvalue weighted by Crippen LogP contribution is 2.17. The molecule has 1 aromatic rings. The Morgan fingerprint density at radius 2 is 2.20 bits per heavy atom. The van der Waals surface area contributed by atoms with Crippen LogP contribution in [0, 0.1) is 0 Å². The maximum atomic E-state index is 11.9. The van der Waals surface area contributed by atoms with E-state index in [0.29, 0.717) is 25.3 Å². The van der Waals surface area contributed by atoms with Gasteiger partial charge in [0.25, 0.3) is 10.0 Å². The molecule has 8 heteroatoms. The van der Waals surface area contributed by atoms with Crippen LogP contribution in [-0.4, -0.2) is 45.3 Å². The quantitative estimate of drug-likeness (QED) is 0.792. The number of amides is 1. The fourth-order valence-electron chi connectivity index (χ4n) is 1.92. The summed E-state index contributed by atoms with van der Waals surface area (Å²) in [7, 11) is -0.607. The fourth-order valence-corrected chi connectivity index (χ4v) is 2.74. The van der Waals surface area contributed by atoms with Crippen molar-refractivity contribution in [2.75, 3.05) is 20.6 Å². The highest BCUT2D eigenvalue weighted by molar-refractivity contribution is 7.88. The molecule has 1 unspecified atom stereocenters. The summed E-state index contributed by atoms with van der Waals surface area (Å²) in [6.07, 6.45) is 1.28. The third-order valence-corrected chi connectivity index (χ3v) is 4.89. The van der Waals surface area contributed by atoms with Crippen molar-refractivity contribution < 1.29 is 17.6 Å². The Kier molecular flexibility index (Phi) is 4.46. The number of rotatable bonds is 5. The first-order valence-corrected chi connectivity index (χ1v) is 7.85. The summed E-state index contributed by atoms with van der Waals surface area (Å²) in [6.45, 7) is 1.02. The SMILES string of the molecule is CN(C)S(=O)(=O)c1ccc(CNC2CCC(=O)NC2)o1. The van der Waals surface area contributed by atoms with E-state index in [1.54, 1.807) is 6.07 Å². The van der Waals surface area contributed by atoms with Gasteiger partial charge in [-0.3, -0.25) is 4.79 Å². The number of carbonyl (C=O) groups is 1. The zero-order chi connectivity index (χ0) is 14.8. The molecule has 1 saturated heterocycles. The van der Waals surface area contributed by atoms with Gasteiger partial charge >= 0.3 is 0 Å². The smallest absolute Gasteiger partial charge is 0.275 e. The van der Waals surface area contributed by atoms with Crippen molar-refractivity contribution in [3.63, 3.8) is 0 Å². The van der Waals surface area contributed by atoms with Crippen molar-refractivity contribution >= 4 is 15.9 Å². The van der Waals surface area contributed by atoms with E-state index in [0.717, 1.165) is 10.7 Å². The summed E-state index contributed by atoms with van der Waals surface area (Å²) in [5.41, 5.74) is 0. The third kappa shape index (κ3) is 3.38. The number of hydrogen-bond acceptors (Lipinski definition) is 5. The average Bonchev–Trinajstić information content (AvgIpc) is 2.87. The van der Waals surface area contributed by atoms with Crippen LogP contribution < -0.4 is 10.6 Å². The van der Waals surface area contributed by atoms with Gasteiger partial charge in [0.15, 0.2) is 0 Å². The van der Waals surface area contributed by atoms with E-state index >= 15 is 0 Å². The molecule has 1 amide bonds. The number of furan rings is 1. The van der Waals surface area contributed by atoms with Crippen LogP contribution >= 0.6 is 0 Å². The second-order valence-electron chi connectivity index (χ2n) is 4.93. The Morgan fingerprint density at radius 3 is 2.80 bits per heavy atom. The molecule has 0 spiro atoms. The van der Waals surface area contributed by atoms with E-state index in [1.807, 2.05) is 0 Å². The second kappa shape index (κ2) is 5.94. The van der Waals surface area contributed by atoms with Crippen LogP contribution in [0.25, 0.3) is 0 Å². The normalized spacial score (nSPS) is 20.1. The number of nitrogens with one attached hydrogen (secondary N) is 2. The van der Waals surface area contributed by atoms with Gasteiger partial charge in [0.2, 0.25) is 11.0 Å². The van der Waals surface area contributed by atoms with Gasteiger partial charge in [-0.05, 0) is 18.6 Å². The topological polar surface area (TPSA) is 91.7 Å². The molecule has 20 heavy (non-hydrogen) atoms. The van der Waals surface area contributed by atoms with Crippen LogP contribution in [0.3, 0.4) is 0 Å². The van der Waals surface area contributed by atoms with Crippen molar-refractivity contribution in [1.29, 1.82) is 0 Å². The number of nitrogens with zero attached hydrogens (tertiary/aromatic N) is 1. The first-order chi connectivity index (χ1) is 9.39. The minimum absolute atomic E-state index is 0.0590. The van der Waals surface area contributed by atoms with Crippen molar-refractivity contribution in [1.82, 2.24) is 14.9 Å². The molecule has 7 nitrogen and oxygen atoms in total. The maximum absolute atomic E-state index is 11.9. The van der Waals surface area contributed by atoms with Crippen LogP contribution in [-0.2, 0) is 21.4 Å². The Morgan fingerprint density at radius 1 is 1.45 bits per heavy atom. The van der Waals surface area contributed by atoms with Gasteiger partial charge < -0.3 is 15.1 Å². The number of carbonyl (C=O) groups excluding carboxylic acids is 1. The molecule has 112 valence electrons. The van der Waals surface area contributed by atoms with Gasteiger partial charge in [0, 0.05) is 33.1 Å². The van der Waals surface area contributed by atoms with Gasteiger partial charge in [-0.15, -0.1) is 0 Å². The van der Waals surface area contributed by atoms with Gasteiger partial charge in [0.1, 0.15) is 5.76 Å². The lowest BCUT2D eigenvalue weighted by molar-refractivity contribution is -0.122. The third-order valence-electron chi connectivity index (χ3n) is 3.20. The lowest BCUT2D eigenvalue weighted by Crippen LogP contribution is -2.45. The molecule has 2 N–H and O–H groups in total. The van der Waals surface area contributed by atoms with E-state index in [9.17, 15) is 13.2 Å². The monoisotopic (exact) mass is 301 g/mol. The number of sulfonamides is 1. The molecule has 0 saturated carbocycles. The molecule has 0 bridgehead atoms. The van der Waals surface area contributed by atoms with Crippen molar-refractivity contribution in [2.24, 2.45) is 0 Å². The zero-order valence-electron chi connectivity index (χ0n) is 11.5. The summed E-state index contributed by atoms with van der Waals surface area (Å²) in [6, 6.07) is 3.28. The molecule has 0 aromatic carbocycles. The molecule has 1 aliphatic rings. The first kappa shape index (κ1) is 15.0. The zero-order valence-corrected chi connectivity index (χ0v) is 12.4. The molecule has 1 aliphatic heterocycles. The Balaban J connectivity index is 1.92. The van der Waals surface area contributed by atoms with Crippen LogP contribution in [0.15, 0.2) is 21.6 Å². The number of hydrogen-bond donors (Lipinski definition) is 2. The molecule has 1 atom stereocenters. The molecule has 0 radical (unpaired) electrons. The average molecular weight is 301 g/mol.